The van der Waals surface area contributed by atoms with Crippen LogP contribution < -0.4 is 5.32 Å². The molecule has 5 nitrogen and oxygen atoms in total. The van der Waals surface area contributed by atoms with E-state index in [-0.39, 0.29) is 12.1 Å². The van der Waals surface area contributed by atoms with Gasteiger partial charge in [0.2, 0.25) is 11.8 Å². The van der Waals surface area contributed by atoms with E-state index in [2.05, 4.69) is 22.4 Å². The fourth-order valence-electron chi connectivity index (χ4n) is 1.67. The summed E-state index contributed by atoms with van der Waals surface area (Å²) >= 11 is 0. The molecule has 1 aliphatic rings. The van der Waals surface area contributed by atoms with Crippen LogP contribution in [0.15, 0.2) is 4.42 Å². The summed E-state index contributed by atoms with van der Waals surface area (Å²) in [5.74, 6) is 1.69. The highest BCUT2D eigenvalue weighted by Crippen LogP contribution is 2.33. The van der Waals surface area contributed by atoms with Gasteiger partial charge in [0.25, 0.3) is 0 Å². The van der Waals surface area contributed by atoms with Crippen molar-refractivity contribution in [3.05, 3.63) is 11.8 Å². The largest absolute Gasteiger partial charge is 0.421 e. The zero-order valence-corrected chi connectivity index (χ0v) is 9.36. The van der Waals surface area contributed by atoms with Gasteiger partial charge in [0.15, 0.2) is 0 Å². The smallest absolute Gasteiger partial charge is 0.245 e. The molecule has 1 aromatic heterocycles. The summed E-state index contributed by atoms with van der Waals surface area (Å²) in [5, 5.41) is 11.1. The number of ether oxygens (including phenoxy) is 1. The molecular formula is C10H17N3O2. The fraction of sp³-hybridized carbons (Fsp3) is 0.800. The molecule has 2 heterocycles. The van der Waals surface area contributed by atoms with E-state index in [9.17, 15) is 0 Å². The second kappa shape index (κ2) is 4.28. The maximum Gasteiger partial charge on any atom is 0.245 e. The van der Waals surface area contributed by atoms with Crippen molar-refractivity contribution >= 4 is 0 Å². The summed E-state index contributed by atoms with van der Waals surface area (Å²) in [5.41, 5.74) is 0. The Labute approximate surface area is 89.2 Å². The molecule has 0 aromatic carbocycles. The standard InChI is InChI=1S/C10H17N3O2/c1-6-4-5-14-8(6)10-13-12-9(15-10)7(2)11-3/h6-8,11H,4-5H2,1-3H3. The van der Waals surface area contributed by atoms with Crippen molar-refractivity contribution in [1.82, 2.24) is 15.5 Å². The van der Waals surface area contributed by atoms with E-state index >= 15 is 0 Å². The Morgan fingerprint density at radius 2 is 2.27 bits per heavy atom. The van der Waals surface area contributed by atoms with Gasteiger partial charge in [-0.3, -0.25) is 0 Å². The molecule has 0 aliphatic carbocycles. The van der Waals surface area contributed by atoms with Crippen LogP contribution in [0.5, 0.6) is 0 Å². The Hall–Kier alpha value is -0.940. The first kappa shape index (κ1) is 10.6. The molecule has 1 aromatic rings. The predicted molar refractivity (Wildman–Crippen MR) is 54.2 cm³/mol. The maximum absolute atomic E-state index is 5.58. The molecule has 1 saturated heterocycles. The van der Waals surface area contributed by atoms with Gasteiger partial charge in [-0.2, -0.15) is 0 Å². The van der Waals surface area contributed by atoms with Crippen molar-refractivity contribution in [3.63, 3.8) is 0 Å². The number of nitrogens with one attached hydrogen (secondary N) is 1. The summed E-state index contributed by atoms with van der Waals surface area (Å²) in [6, 6.07) is 0.0861. The Kier molecular flexibility index (Phi) is 3.02. The first-order chi connectivity index (χ1) is 7.22. The van der Waals surface area contributed by atoms with Crippen LogP contribution in [-0.4, -0.2) is 23.9 Å². The second-order valence-electron chi connectivity index (χ2n) is 4.05. The van der Waals surface area contributed by atoms with Crippen molar-refractivity contribution in [2.24, 2.45) is 5.92 Å². The van der Waals surface area contributed by atoms with Crippen LogP contribution in [-0.2, 0) is 4.74 Å². The molecule has 1 fully saturated rings. The summed E-state index contributed by atoms with van der Waals surface area (Å²) in [6.45, 7) is 4.91. The van der Waals surface area contributed by atoms with Crippen molar-refractivity contribution < 1.29 is 9.15 Å². The van der Waals surface area contributed by atoms with Gasteiger partial charge in [-0.05, 0) is 26.3 Å². The first-order valence-corrected chi connectivity index (χ1v) is 5.34. The van der Waals surface area contributed by atoms with Gasteiger partial charge in [-0.15, -0.1) is 10.2 Å². The third-order valence-corrected chi connectivity index (χ3v) is 2.89. The van der Waals surface area contributed by atoms with E-state index in [4.69, 9.17) is 9.15 Å². The van der Waals surface area contributed by atoms with Crippen LogP contribution in [0.4, 0.5) is 0 Å². The Balaban J connectivity index is 2.12. The van der Waals surface area contributed by atoms with Crippen molar-refractivity contribution in [2.45, 2.75) is 32.4 Å². The van der Waals surface area contributed by atoms with Gasteiger partial charge in [0.1, 0.15) is 6.10 Å². The van der Waals surface area contributed by atoms with Crippen LogP contribution >= 0.6 is 0 Å². The Morgan fingerprint density at radius 1 is 1.47 bits per heavy atom. The lowest BCUT2D eigenvalue weighted by molar-refractivity contribution is 0.0700. The molecule has 3 atom stereocenters. The van der Waals surface area contributed by atoms with Gasteiger partial charge in [0, 0.05) is 6.61 Å². The second-order valence-corrected chi connectivity index (χ2v) is 4.05. The third-order valence-electron chi connectivity index (χ3n) is 2.89. The lowest BCUT2D eigenvalue weighted by Crippen LogP contribution is -2.12. The van der Waals surface area contributed by atoms with Crippen LogP contribution in [0.1, 0.15) is 44.2 Å². The first-order valence-electron chi connectivity index (χ1n) is 5.34. The number of hydrogen-bond acceptors (Lipinski definition) is 5. The van der Waals surface area contributed by atoms with Crippen molar-refractivity contribution in [1.29, 1.82) is 0 Å². The van der Waals surface area contributed by atoms with E-state index < -0.39 is 0 Å². The van der Waals surface area contributed by atoms with Crippen LogP contribution in [0.25, 0.3) is 0 Å². The monoisotopic (exact) mass is 211 g/mol. The number of nitrogens with zero attached hydrogens (tertiary/aromatic N) is 2. The minimum atomic E-state index is -0.0182. The number of aromatic nitrogens is 2. The van der Waals surface area contributed by atoms with Gasteiger partial charge >= 0.3 is 0 Å². The highest BCUT2D eigenvalue weighted by atomic mass is 16.5. The van der Waals surface area contributed by atoms with Gasteiger partial charge in [-0.1, -0.05) is 6.92 Å². The van der Waals surface area contributed by atoms with Crippen molar-refractivity contribution in [2.75, 3.05) is 13.7 Å². The summed E-state index contributed by atoms with van der Waals surface area (Å²) in [4.78, 5) is 0. The highest BCUT2D eigenvalue weighted by molar-refractivity contribution is 4.94. The molecule has 2 rings (SSSR count). The summed E-state index contributed by atoms with van der Waals surface area (Å²) in [6.07, 6.45) is 1.04. The van der Waals surface area contributed by atoms with Crippen LogP contribution in [0.3, 0.4) is 0 Å². The van der Waals surface area contributed by atoms with E-state index in [0.717, 1.165) is 13.0 Å². The zero-order chi connectivity index (χ0) is 10.8. The molecular weight excluding hydrogens is 194 g/mol. The van der Waals surface area contributed by atoms with Gasteiger partial charge in [0.05, 0.1) is 6.04 Å². The molecule has 84 valence electrons. The molecule has 15 heavy (non-hydrogen) atoms. The van der Waals surface area contributed by atoms with E-state index in [1.54, 1.807) is 0 Å². The van der Waals surface area contributed by atoms with Gasteiger partial charge < -0.3 is 14.5 Å². The Bertz CT molecular complexity index is 326. The SMILES string of the molecule is CNC(C)c1nnc(C2OCCC2C)o1. The summed E-state index contributed by atoms with van der Waals surface area (Å²) in [7, 11) is 1.86. The average Bonchev–Trinajstić information content (AvgIpc) is 2.84. The molecule has 1 aliphatic heterocycles. The average molecular weight is 211 g/mol. The van der Waals surface area contributed by atoms with E-state index in [0.29, 0.717) is 17.7 Å². The number of hydrogen-bond donors (Lipinski definition) is 1. The Morgan fingerprint density at radius 3 is 2.87 bits per heavy atom. The van der Waals surface area contributed by atoms with Crippen LogP contribution in [0.2, 0.25) is 0 Å². The fourth-order valence-corrected chi connectivity index (χ4v) is 1.67. The quantitative estimate of drug-likeness (QED) is 0.820. The molecule has 0 bridgehead atoms. The van der Waals surface area contributed by atoms with Gasteiger partial charge in [-0.25, -0.2) is 0 Å². The molecule has 1 N–H and O–H groups in total. The van der Waals surface area contributed by atoms with E-state index in [1.807, 2.05) is 14.0 Å². The predicted octanol–water partition coefficient (Wildman–Crippen LogP) is 1.45. The van der Waals surface area contributed by atoms with E-state index in [1.165, 1.54) is 0 Å². The molecule has 0 saturated carbocycles. The lowest BCUT2D eigenvalue weighted by Gasteiger charge is -2.09. The minimum Gasteiger partial charge on any atom is -0.421 e. The molecule has 0 spiro atoms. The molecule has 5 heteroatoms. The molecule has 0 radical (unpaired) electrons. The van der Waals surface area contributed by atoms with Crippen LogP contribution in [0, 0.1) is 5.92 Å². The lowest BCUT2D eigenvalue weighted by atomic mass is 10.0. The maximum atomic E-state index is 5.58. The summed E-state index contributed by atoms with van der Waals surface area (Å²) < 4.78 is 11.1. The van der Waals surface area contributed by atoms with Crippen molar-refractivity contribution in [3.8, 4) is 0 Å². The third kappa shape index (κ3) is 2.03. The zero-order valence-electron chi connectivity index (χ0n) is 9.36. The molecule has 3 unspecified atom stereocenters. The topological polar surface area (TPSA) is 60.2 Å². The normalized spacial score (nSPS) is 28.2. The number of rotatable bonds is 3. The minimum absolute atomic E-state index is 0.0182. The molecule has 0 amide bonds. The highest BCUT2D eigenvalue weighted by Gasteiger charge is 2.31.